The Labute approximate surface area is 100 Å². The Morgan fingerprint density at radius 2 is 1.81 bits per heavy atom. The van der Waals surface area contributed by atoms with Gasteiger partial charge in [0.15, 0.2) is 0 Å². The lowest BCUT2D eigenvalue weighted by atomic mass is 9.77. The first-order valence-electron chi connectivity index (χ1n) is 7.05. The van der Waals surface area contributed by atoms with E-state index in [2.05, 4.69) is 18.7 Å². The minimum absolute atomic E-state index is 0.0491. The average molecular weight is 225 g/mol. The van der Waals surface area contributed by atoms with Crippen LogP contribution in [0.3, 0.4) is 0 Å². The molecule has 16 heavy (non-hydrogen) atoms. The Bertz CT molecular complexity index is 209. The van der Waals surface area contributed by atoms with Crippen LogP contribution in [0.25, 0.3) is 0 Å². The molecule has 0 amide bonds. The molecule has 0 unspecified atom stereocenters. The van der Waals surface area contributed by atoms with Gasteiger partial charge in [-0.2, -0.15) is 0 Å². The van der Waals surface area contributed by atoms with Crippen molar-refractivity contribution in [3.63, 3.8) is 0 Å². The normalized spacial score (nSPS) is 37.1. The van der Waals surface area contributed by atoms with E-state index >= 15 is 0 Å². The molecular weight excluding hydrogens is 198 g/mol. The number of aliphatic hydroxyl groups excluding tert-OH is 1. The van der Waals surface area contributed by atoms with Gasteiger partial charge in [-0.25, -0.2) is 0 Å². The monoisotopic (exact) mass is 225 g/mol. The van der Waals surface area contributed by atoms with Gasteiger partial charge in [0.1, 0.15) is 0 Å². The highest BCUT2D eigenvalue weighted by Crippen LogP contribution is 2.33. The van der Waals surface area contributed by atoms with Crippen molar-refractivity contribution in [3.05, 3.63) is 0 Å². The van der Waals surface area contributed by atoms with Gasteiger partial charge >= 0.3 is 0 Å². The predicted octanol–water partition coefficient (Wildman–Crippen LogP) is 2.52. The smallest absolute Gasteiger partial charge is 0.0679 e. The zero-order chi connectivity index (χ0) is 11.5. The second-order valence-corrected chi connectivity index (χ2v) is 6.23. The van der Waals surface area contributed by atoms with Gasteiger partial charge in [0.2, 0.25) is 0 Å². The predicted molar refractivity (Wildman–Crippen MR) is 67.3 cm³/mol. The van der Waals surface area contributed by atoms with E-state index in [1.807, 2.05) is 0 Å². The van der Waals surface area contributed by atoms with E-state index in [0.717, 1.165) is 37.3 Å². The average Bonchev–Trinajstić information content (AvgIpc) is 2.65. The summed E-state index contributed by atoms with van der Waals surface area (Å²) >= 11 is 0. The van der Waals surface area contributed by atoms with Gasteiger partial charge in [0, 0.05) is 19.6 Å². The van der Waals surface area contributed by atoms with Gasteiger partial charge in [0.05, 0.1) is 6.10 Å². The molecule has 0 aromatic heterocycles. The molecular formula is C14H27NO. The first-order valence-corrected chi connectivity index (χ1v) is 7.05. The van der Waals surface area contributed by atoms with Crippen LogP contribution in [0.4, 0.5) is 0 Å². The van der Waals surface area contributed by atoms with Crippen LogP contribution in [0, 0.1) is 17.8 Å². The SMILES string of the molecule is CC(C)C1CCC(CN2CC[C@@H](O)C2)CC1. The third-order valence-electron chi connectivity index (χ3n) is 4.60. The number of β-amino-alcohol motifs (C(OH)–C–C–N with tert-alkyl or cyclic N) is 1. The fraction of sp³-hybridized carbons (Fsp3) is 1.00. The summed E-state index contributed by atoms with van der Waals surface area (Å²) in [4.78, 5) is 2.46. The maximum absolute atomic E-state index is 9.50. The molecule has 0 radical (unpaired) electrons. The zero-order valence-corrected chi connectivity index (χ0v) is 10.9. The van der Waals surface area contributed by atoms with E-state index < -0.39 is 0 Å². The van der Waals surface area contributed by atoms with E-state index in [9.17, 15) is 5.11 Å². The number of rotatable bonds is 3. The van der Waals surface area contributed by atoms with Crippen molar-refractivity contribution in [1.82, 2.24) is 4.90 Å². The minimum Gasteiger partial charge on any atom is -0.392 e. The molecule has 2 nitrogen and oxygen atoms in total. The van der Waals surface area contributed by atoms with Gasteiger partial charge in [-0.3, -0.25) is 0 Å². The number of likely N-dealkylation sites (tertiary alicyclic amines) is 1. The van der Waals surface area contributed by atoms with E-state index in [0.29, 0.717) is 0 Å². The summed E-state index contributed by atoms with van der Waals surface area (Å²) in [5.41, 5.74) is 0. The van der Waals surface area contributed by atoms with Crippen LogP contribution < -0.4 is 0 Å². The Kier molecular flexibility index (Phi) is 4.26. The Morgan fingerprint density at radius 3 is 2.31 bits per heavy atom. The standard InChI is InChI=1S/C14H27NO/c1-11(2)13-5-3-12(4-6-13)9-15-8-7-14(16)10-15/h11-14,16H,3-10H2,1-2H3/t12?,13?,14-/m1/s1. The summed E-state index contributed by atoms with van der Waals surface area (Å²) in [7, 11) is 0. The Hall–Kier alpha value is -0.0800. The number of hydrogen-bond donors (Lipinski definition) is 1. The topological polar surface area (TPSA) is 23.5 Å². The molecule has 0 bridgehead atoms. The molecule has 0 spiro atoms. The van der Waals surface area contributed by atoms with Crippen molar-refractivity contribution in [2.45, 2.75) is 52.1 Å². The van der Waals surface area contributed by atoms with Crippen LogP contribution >= 0.6 is 0 Å². The minimum atomic E-state index is -0.0491. The third kappa shape index (κ3) is 3.21. The van der Waals surface area contributed by atoms with Gasteiger partial charge in [-0.15, -0.1) is 0 Å². The fourth-order valence-electron chi connectivity index (χ4n) is 3.38. The van der Waals surface area contributed by atoms with Gasteiger partial charge in [-0.05, 0) is 49.9 Å². The Morgan fingerprint density at radius 1 is 1.12 bits per heavy atom. The van der Waals surface area contributed by atoms with Crippen molar-refractivity contribution < 1.29 is 5.11 Å². The molecule has 1 saturated heterocycles. The largest absolute Gasteiger partial charge is 0.392 e. The van der Waals surface area contributed by atoms with Crippen LogP contribution in [0.1, 0.15) is 46.0 Å². The Balaban J connectivity index is 1.69. The molecule has 1 saturated carbocycles. The second-order valence-electron chi connectivity index (χ2n) is 6.23. The summed E-state index contributed by atoms with van der Waals surface area (Å²) in [6.07, 6.45) is 6.62. The van der Waals surface area contributed by atoms with Crippen molar-refractivity contribution in [1.29, 1.82) is 0 Å². The first kappa shape index (κ1) is 12.4. The van der Waals surface area contributed by atoms with Crippen LogP contribution in [0.2, 0.25) is 0 Å². The molecule has 1 aliphatic heterocycles. The van der Waals surface area contributed by atoms with E-state index in [4.69, 9.17) is 0 Å². The van der Waals surface area contributed by atoms with Crippen molar-refractivity contribution in [2.75, 3.05) is 19.6 Å². The first-order chi connectivity index (χ1) is 7.65. The molecule has 2 fully saturated rings. The lowest BCUT2D eigenvalue weighted by Gasteiger charge is -2.32. The van der Waals surface area contributed by atoms with E-state index in [1.54, 1.807) is 0 Å². The number of aliphatic hydroxyl groups is 1. The highest BCUT2D eigenvalue weighted by atomic mass is 16.3. The van der Waals surface area contributed by atoms with Crippen LogP contribution in [0.5, 0.6) is 0 Å². The van der Waals surface area contributed by atoms with Crippen LogP contribution in [0.15, 0.2) is 0 Å². The molecule has 1 aliphatic carbocycles. The zero-order valence-electron chi connectivity index (χ0n) is 10.9. The summed E-state index contributed by atoms with van der Waals surface area (Å²) in [6, 6.07) is 0. The summed E-state index contributed by atoms with van der Waals surface area (Å²) in [6.45, 7) is 8.00. The van der Waals surface area contributed by atoms with E-state index in [1.165, 1.54) is 32.2 Å². The fourth-order valence-corrected chi connectivity index (χ4v) is 3.38. The highest BCUT2D eigenvalue weighted by Gasteiger charge is 2.27. The molecule has 1 atom stereocenters. The van der Waals surface area contributed by atoms with Gasteiger partial charge < -0.3 is 10.0 Å². The summed E-state index contributed by atoms with van der Waals surface area (Å²) in [5, 5.41) is 9.50. The molecule has 0 aromatic carbocycles. The number of nitrogens with zero attached hydrogens (tertiary/aromatic N) is 1. The van der Waals surface area contributed by atoms with Crippen molar-refractivity contribution in [3.8, 4) is 0 Å². The number of hydrogen-bond acceptors (Lipinski definition) is 2. The lowest BCUT2D eigenvalue weighted by Crippen LogP contribution is -2.31. The molecule has 2 rings (SSSR count). The van der Waals surface area contributed by atoms with Crippen molar-refractivity contribution in [2.24, 2.45) is 17.8 Å². The molecule has 0 aromatic rings. The van der Waals surface area contributed by atoms with Gasteiger partial charge in [-0.1, -0.05) is 13.8 Å². The van der Waals surface area contributed by atoms with Crippen LogP contribution in [-0.4, -0.2) is 35.7 Å². The lowest BCUT2D eigenvalue weighted by molar-refractivity contribution is 0.151. The maximum atomic E-state index is 9.50. The molecule has 2 heteroatoms. The van der Waals surface area contributed by atoms with E-state index in [-0.39, 0.29) is 6.10 Å². The molecule has 2 aliphatic rings. The molecule has 1 heterocycles. The third-order valence-corrected chi connectivity index (χ3v) is 4.60. The summed E-state index contributed by atoms with van der Waals surface area (Å²) < 4.78 is 0. The molecule has 94 valence electrons. The quantitative estimate of drug-likeness (QED) is 0.798. The second kappa shape index (κ2) is 5.50. The van der Waals surface area contributed by atoms with Gasteiger partial charge in [0.25, 0.3) is 0 Å². The summed E-state index contributed by atoms with van der Waals surface area (Å²) in [5.74, 6) is 2.75. The maximum Gasteiger partial charge on any atom is 0.0679 e. The van der Waals surface area contributed by atoms with Crippen molar-refractivity contribution >= 4 is 0 Å². The van der Waals surface area contributed by atoms with Crippen LogP contribution in [-0.2, 0) is 0 Å². The highest BCUT2D eigenvalue weighted by molar-refractivity contribution is 4.80. The molecule has 1 N–H and O–H groups in total.